The number of thiophene rings is 1. The van der Waals surface area contributed by atoms with Crippen molar-refractivity contribution >= 4 is 49.0 Å². The molecule has 0 aliphatic carbocycles. The average molecular weight is 381 g/mol. The summed E-state index contributed by atoms with van der Waals surface area (Å²) in [6.07, 6.45) is 3.72. The summed E-state index contributed by atoms with van der Waals surface area (Å²) in [4.78, 5) is 14.5. The summed E-state index contributed by atoms with van der Waals surface area (Å²) in [6, 6.07) is 2.44. The Hall–Kier alpha value is 0.290. The van der Waals surface area contributed by atoms with Crippen LogP contribution in [0, 0.1) is 0 Å². The standard InChI is InChI=1S/C12H15Br2NOS/c1-8-4-2-3-5-15(8)7-10(16)9-6-11(13)17-12(9)14/h6,8H,2-5,7H2,1H3. The second-order valence-corrected chi connectivity index (χ2v) is 8.23. The van der Waals surface area contributed by atoms with Crippen LogP contribution in [0.5, 0.6) is 0 Å². The van der Waals surface area contributed by atoms with Crippen LogP contribution in [-0.2, 0) is 0 Å². The number of hydrogen-bond donors (Lipinski definition) is 0. The highest BCUT2D eigenvalue weighted by molar-refractivity contribution is 9.12. The van der Waals surface area contributed by atoms with Crippen molar-refractivity contribution in [1.82, 2.24) is 4.90 Å². The number of likely N-dealkylation sites (tertiary alicyclic amines) is 1. The van der Waals surface area contributed by atoms with Gasteiger partial charge in [-0.2, -0.15) is 0 Å². The summed E-state index contributed by atoms with van der Waals surface area (Å²) in [5, 5.41) is 0. The second-order valence-electron chi connectivity index (χ2n) is 4.48. The summed E-state index contributed by atoms with van der Waals surface area (Å²) >= 11 is 8.41. The Kier molecular flexibility index (Phi) is 4.80. The number of rotatable bonds is 3. The number of nitrogens with zero attached hydrogens (tertiary/aromatic N) is 1. The lowest BCUT2D eigenvalue weighted by Gasteiger charge is -2.32. The molecule has 1 atom stereocenters. The lowest BCUT2D eigenvalue weighted by atomic mass is 10.0. The van der Waals surface area contributed by atoms with Crippen LogP contribution in [0.1, 0.15) is 36.5 Å². The van der Waals surface area contributed by atoms with Crippen molar-refractivity contribution < 1.29 is 4.79 Å². The van der Waals surface area contributed by atoms with E-state index >= 15 is 0 Å². The predicted molar refractivity (Wildman–Crippen MR) is 78.9 cm³/mol. The van der Waals surface area contributed by atoms with E-state index in [4.69, 9.17) is 0 Å². The van der Waals surface area contributed by atoms with Gasteiger partial charge in [0.05, 0.1) is 14.1 Å². The Bertz CT molecular complexity index is 419. The zero-order valence-corrected chi connectivity index (χ0v) is 13.7. The molecule has 2 heterocycles. The van der Waals surface area contributed by atoms with Gasteiger partial charge in [-0.15, -0.1) is 11.3 Å². The van der Waals surface area contributed by atoms with E-state index in [1.165, 1.54) is 19.3 Å². The Morgan fingerprint density at radius 2 is 2.29 bits per heavy atom. The van der Waals surface area contributed by atoms with Crippen LogP contribution in [0.2, 0.25) is 0 Å². The van der Waals surface area contributed by atoms with Crippen LogP contribution < -0.4 is 0 Å². The summed E-state index contributed by atoms with van der Waals surface area (Å²) in [6.45, 7) is 3.81. The van der Waals surface area contributed by atoms with Crippen LogP contribution in [0.25, 0.3) is 0 Å². The van der Waals surface area contributed by atoms with Gasteiger partial charge in [0, 0.05) is 11.6 Å². The quantitative estimate of drug-likeness (QED) is 0.727. The zero-order chi connectivity index (χ0) is 12.4. The maximum Gasteiger partial charge on any atom is 0.178 e. The van der Waals surface area contributed by atoms with Crippen molar-refractivity contribution in [2.24, 2.45) is 0 Å². The second kappa shape index (κ2) is 5.95. The first-order valence-corrected chi connectivity index (χ1v) is 8.20. The summed E-state index contributed by atoms with van der Waals surface area (Å²) in [7, 11) is 0. The van der Waals surface area contributed by atoms with Crippen molar-refractivity contribution in [2.45, 2.75) is 32.2 Å². The number of ketones is 1. The van der Waals surface area contributed by atoms with Crippen molar-refractivity contribution in [3.05, 3.63) is 19.2 Å². The zero-order valence-electron chi connectivity index (χ0n) is 9.71. The van der Waals surface area contributed by atoms with Crippen molar-refractivity contribution in [3.63, 3.8) is 0 Å². The molecule has 1 aromatic rings. The Labute approximate surface area is 123 Å². The number of Topliss-reactive ketones (excluding diaryl/α,β-unsaturated/α-hetero) is 1. The van der Waals surface area contributed by atoms with E-state index < -0.39 is 0 Å². The van der Waals surface area contributed by atoms with E-state index in [1.807, 2.05) is 6.07 Å². The maximum atomic E-state index is 12.2. The van der Waals surface area contributed by atoms with Crippen LogP contribution >= 0.6 is 43.2 Å². The van der Waals surface area contributed by atoms with Gasteiger partial charge < -0.3 is 0 Å². The molecule has 1 aliphatic heterocycles. The van der Waals surface area contributed by atoms with E-state index in [-0.39, 0.29) is 5.78 Å². The molecule has 0 N–H and O–H groups in total. The SMILES string of the molecule is CC1CCCCN1CC(=O)c1cc(Br)sc1Br. The lowest BCUT2D eigenvalue weighted by Crippen LogP contribution is -2.40. The maximum absolute atomic E-state index is 12.2. The molecule has 0 bridgehead atoms. The van der Waals surface area contributed by atoms with E-state index in [0.29, 0.717) is 12.6 Å². The number of piperidine rings is 1. The molecular weight excluding hydrogens is 366 g/mol. The van der Waals surface area contributed by atoms with E-state index in [0.717, 1.165) is 19.7 Å². The van der Waals surface area contributed by atoms with Gasteiger partial charge in [-0.05, 0) is 64.2 Å². The van der Waals surface area contributed by atoms with Gasteiger partial charge in [-0.25, -0.2) is 0 Å². The highest BCUT2D eigenvalue weighted by Crippen LogP contribution is 2.32. The third-order valence-corrected chi connectivity index (χ3v) is 5.58. The molecule has 0 saturated carbocycles. The molecule has 1 aliphatic rings. The Morgan fingerprint density at radius 1 is 1.53 bits per heavy atom. The molecular formula is C12H15Br2NOS. The molecule has 0 radical (unpaired) electrons. The summed E-state index contributed by atoms with van der Waals surface area (Å²) < 4.78 is 1.93. The monoisotopic (exact) mass is 379 g/mol. The largest absolute Gasteiger partial charge is 0.293 e. The smallest absolute Gasteiger partial charge is 0.178 e. The third-order valence-electron chi connectivity index (χ3n) is 3.24. The Morgan fingerprint density at radius 3 is 2.88 bits per heavy atom. The lowest BCUT2D eigenvalue weighted by molar-refractivity contribution is 0.0860. The molecule has 0 spiro atoms. The fraction of sp³-hybridized carbons (Fsp3) is 0.583. The average Bonchev–Trinajstić information content (AvgIpc) is 2.61. The first-order valence-electron chi connectivity index (χ1n) is 5.80. The van der Waals surface area contributed by atoms with Gasteiger partial charge in [-0.1, -0.05) is 6.42 Å². The van der Waals surface area contributed by atoms with Gasteiger partial charge in [-0.3, -0.25) is 9.69 Å². The molecule has 1 fully saturated rings. The molecule has 1 saturated heterocycles. The molecule has 0 amide bonds. The number of hydrogen-bond acceptors (Lipinski definition) is 3. The molecule has 2 nitrogen and oxygen atoms in total. The van der Waals surface area contributed by atoms with Gasteiger partial charge in [0.1, 0.15) is 0 Å². The van der Waals surface area contributed by atoms with Gasteiger partial charge in [0.15, 0.2) is 5.78 Å². The highest BCUT2D eigenvalue weighted by Gasteiger charge is 2.22. The molecule has 2 rings (SSSR count). The van der Waals surface area contributed by atoms with Crippen molar-refractivity contribution in [3.8, 4) is 0 Å². The molecule has 1 unspecified atom stereocenters. The highest BCUT2D eigenvalue weighted by atomic mass is 79.9. The van der Waals surface area contributed by atoms with Gasteiger partial charge >= 0.3 is 0 Å². The normalized spacial score (nSPS) is 21.7. The summed E-state index contributed by atoms with van der Waals surface area (Å²) in [5.41, 5.74) is 0.805. The Balaban J connectivity index is 2.03. The van der Waals surface area contributed by atoms with E-state index in [9.17, 15) is 4.79 Å². The van der Waals surface area contributed by atoms with Crippen molar-refractivity contribution in [1.29, 1.82) is 0 Å². The number of halogens is 2. The first-order chi connectivity index (χ1) is 8.08. The summed E-state index contributed by atoms with van der Waals surface area (Å²) in [5.74, 6) is 0.215. The molecule has 1 aromatic heterocycles. The minimum Gasteiger partial charge on any atom is -0.293 e. The van der Waals surface area contributed by atoms with Crippen LogP contribution in [0.15, 0.2) is 13.6 Å². The van der Waals surface area contributed by atoms with Crippen LogP contribution in [0.4, 0.5) is 0 Å². The van der Waals surface area contributed by atoms with Gasteiger partial charge in [0.25, 0.3) is 0 Å². The fourth-order valence-corrected chi connectivity index (χ4v) is 5.05. The van der Waals surface area contributed by atoms with E-state index in [1.54, 1.807) is 11.3 Å². The topological polar surface area (TPSA) is 20.3 Å². The minimum atomic E-state index is 0.215. The molecule has 0 aromatic carbocycles. The van der Waals surface area contributed by atoms with Crippen molar-refractivity contribution in [2.75, 3.05) is 13.1 Å². The molecule has 17 heavy (non-hydrogen) atoms. The fourth-order valence-electron chi connectivity index (χ4n) is 2.19. The predicted octanol–water partition coefficient (Wildman–Crippen LogP) is 4.33. The number of carbonyl (C=O) groups is 1. The molecule has 94 valence electrons. The third kappa shape index (κ3) is 3.40. The number of carbonyl (C=O) groups excluding carboxylic acids is 1. The first kappa shape index (κ1) is 13.7. The minimum absolute atomic E-state index is 0.215. The molecule has 5 heteroatoms. The van der Waals surface area contributed by atoms with Crippen LogP contribution in [-0.4, -0.2) is 29.8 Å². The van der Waals surface area contributed by atoms with Gasteiger partial charge in [0.2, 0.25) is 0 Å². The van der Waals surface area contributed by atoms with Crippen LogP contribution in [0.3, 0.4) is 0 Å². The van der Waals surface area contributed by atoms with E-state index in [2.05, 4.69) is 43.7 Å².